The zero-order valence-corrected chi connectivity index (χ0v) is 18.7. The van der Waals surface area contributed by atoms with Crippen molar-refractivity contribution in [3.8, 4) is 28.7 Å². The number of ether oxygens (including phenoxy) is 3. The molecule has 1 atom stereocenters. The van der Waals surface area contributed by atoms with Gasteiger partial charge in [-0.1, -0.05) is 19.9 Å². The molecule has 1 heterocycles. The van der Waals surface area contributed by atoms with E-state index in [-0.39, 0.29) is 18.6 Å². The van der Waals surface area contributed by atoms with Crippen molar-refractivity contribution in [1.82, 2.24) is 15.5 Å². The van der Waals surface area contributed by atoms with E-state index in [1.165, 1.54) is 6.39 Å². The van der Waals surface area contributed by atoms with Crippen LogP contribution in [-0.4, -0.2) is 35.9 Å². The van der Waals surface area contributed by atoms with E-state index >= 15 is 0 Å². The van der Waals surface area contributed by atoms with Crippen LogP contribution in [0.15, 0.2) is 53.3 Å². The molecule has 3 rings (SSSR count). The lowest BCUT2D eigenvalue weighted by atomic mass is 10.1. The summed E-state index contributed by atoms with van der Waals surface area (Å²) in [4.78, 5) is 12.4. The number of nitrogens with zero attached hydrogens (tertiary/aromatic N) is 2. The normalized spacial score (nSPS) is 11.6. The Labute approximate surface area is 187 Å². The molecule has 2 aromatic carbocycles. The molecule has 8 heteroatoms. The number of hydrogen-bond donors (Lipinski definition) is 1. The van der Waals surface area contributed by atoms with Gasteiger partial charge in [0.1, 0.15) is 5.75 Å². The zero-order chi connectivity index (χ0) is 22.8. The average molecular weight is 440 g/mol. The Hall–Kier alpha value is -3.55. The molecule has 0 fully saturated rings. The molecular formula is C24H29N3O5. The SMILES string of the molecule is CCCOc1ccc([C@@H](C)NC(=O)COc2ccc(-c3nnco3)cc2)cc1OCCC. The summed E-state index contributed by atoms with van der Waals surface area (Å²) < 4.78 is 22.4. The van der Waals surface area contributed by atoms with Crippen molar-refractivity contribution in [1.29, 1.82) is 0 Å². The van der Waals surface area contributed by atoms with Crippen molar-refractivity contribution in [2.75, 3.05) is 19.8 Å². The smallest absolute Gasteiger partial charge is 0.258 e. The summed E-state index contributed by atoms with van der Waals surface area (Å²) in [5.41, 5.74) is 1.71. The molecule has 1 N–H and O–H groups in total. The highest BCUT2D eigenvalue weighted by atomic mass is 16.5. The van der Waals surface area contributed by atoms with Crippen LogP contribution < -0.4 is 19.5 Å². The van der Waals surface area contributed by atoms with Gasteiger partial charge in [-0.05, 0) is 61.7 Å². The Morgan fingerprint density at radius 2 is 1.72 bits per heavy atom. The predicted octanol–water partition coefficient (Wildman–Crippen LogP) is 4.57. The first kappa shape index (κ1) is 23.1. The lowest BCUT2D eigenvalue weighted by Gasteiger charge is -2.18. The summed E-state index contributed by atoms with van der Waals surface area (Å²) in [5, 5.41) is 10.5. The van der Waals surface area contributed by atoms with E-state index in [1.807, 2.05) is 25.1 Å². The summed E-state index contributed by atoms with van der Waals surface area (Å²) in [6, 6.07) is 12.6. The Morgan fingerprint density at radius 1 is 1.00 bits per heavy atom. The van der Waals surface area contributed by atoms with Gasteiger partial charge in [0.05, 0.1) is 19.3 Å². The number of rotatable bonds is 12. The van der Waals surface area contributed by atoms with Crippen molar-refractivity contribution in [2.24, 2.45) is 0 Å². The lowest BCUT2D eigenvalue weighted by Crippen LogP contribution is -2.31. The second-order valence-electron chi connectivity index (χ2n) is 7.25. The maximum atomic E-state index is 12.4. The van der Waals surface area contributed by atoms with Gasteiger partial charge in [-0.2, -0.15) is 0 Å². The van der Waals surface area contributed by atoms with Gasteiger partial charge in [0.2, 0.25) is 12.3 Å². The number of benzene rings is 2. The number of hydrogen-bond acceptors (Lipinski definition) is 7. The Bertz CT molecular complexity index is 974. The van der Waals surface area contributed by atoms with Gasteiger partial charge < -0.3 is 23.9 Å². The van der Waals surface area contributed by atoms with Crippen LogP contribution in [0.25, 0.3) is 11.5 Å². The van der Waals surface area contributed by atoms with Crippen LogP contribution in [0.1, 0.15) is 45.2 Å². The number of nitrogens with one attached hydrogen (secondary N) is 1. The minimum absolute atomic E-state index is 0.0961. The average Bonchev–Trinajstić information content (AvgIpc) is 3.35. The monoisotopic (exact) mass is 439 g/mol. The zero-order valence-electron chi connectivity index (χ0n) is 18.7. The molecule has 0 aliphatic heterocycles. The third-order valence-corrected chi connectivity index (χ3v) is 4.60. The van der Waals surface area contributed by atoms with E-state index in [9.17, 15) is 4.79 Å². The summed E-state index contributed by atoms with van der Waals surface area (Å²) in [7, 11) is 0. The van der Waals surface area contributed by atoms with Crippen LogP contribution in [0.4, 0.5) is 0 Å². The molecule has 0 aliphatic carbocycles. The number of carbonyl (C=O) groups excluding carboxylic acids is 1. The maximum absolute atomic E-state index is 12.4. The van der Waals surface area contributed by atoms with Crippen LogP contribution in [0.2, 0.25) is 0 Å². The topological polar surface area (TPSA) is 95.7 Å². The fourth-order valence-electron chi connectivity index (χ4n) is 2.96. The highest BCUT2D eigenvalue weighted by Crippen LogP contribution is 2.31. The van der Waals surface area contributed by atoms with Gasteiger partial charge in [-0.3, -0.25) is 4.79 Å². The first-order valence-electron chi connectivity index (χ1n) is 10.8. The van der Waals surface area contributed by atoms with E-state index in [4.69, 9.17) is 18.6 Å². The fourth-order valence-corrected chi connectivity index (χ4v) is 2.96. The van der Waals surface area contributed by atoms with E-state index in [1.54, 1.807) is 24.3 Å². The van der Waals surface area contributed by atoms with Gasteiger partial charge in [0.15, 0.2) is 18.1 Å². The third-order valence-electron chi connectivity index (χ3n) is 4.60. The molecule has 1 aromatic heterocycles. The molecule has 8 nitrogen and oxygen atoms in total. The summed E-state index contributed by atoms with van der Waals surface area (Å²) in [5.74, 6) is 2.19. The van der Waals surface area contributed by atoms with Crippen LogP contribution >= 0.6 is 0 Å². The highest BCUT2D eigenvalue weighted by molar-refractivity contribution is 5.78. The molecular weight excluding hydrogens is 410 g/mol. The summed E-state index contributed by atoms with van der Waals surface area (Å²) >= 11 is 0. The van der Waals surface area contributed by atoms with Crippen molar-refractivity contribution >= 4 is 5.91 Å². The molecule has 3 aromatic rings. The first-order chi connectivity index (χ1) is 15.6. The van der Waals surface area contributed by atoms with Crippen molar-refractivity contribution in [3.05, 3.63) is 54.4 Å². The minimum atomic E-state index is -0.221. The highest BCUT2D eigenvalue weighted by Gasteiger charge is 2.14. The van der Waals surface area contributed by atoms with Gasteiger partial charge in [0.25, 0.3) is 5.91 Å². The lowest BCUT2D eigenvalue weighted by molar-refractivity contribution is -0.123. The molecule has 170 valence electrons. The molecule has 0 bridgehead atoms. The van der Waals surface area contributed by atoms with Gasteiger partial charge in [-0.15, -0.1) is 10.2 Å². The van der Waals surface area contributed by atoms with Crippen LogP contribution in [0, 0.1) is 0 Å². The van der Waals surface area contributed by atoms with Crippen LogP contribution in [0.5, 0.6) is 17.2 Å². The second-order valence-corrected chi connectivity index (χ2v) is 7.25. The van der Waals surface area contributed by atoms with Crippen molar-refractivity contribution in [2.45, 2.75) is 39.7 Å². The van der Waals surface area contributed by atoms with E-state index in [0.717, 1.165) is 29.7 Å². The van der Waals surface area contributed by atoms with Gasteiger partial charge in [-0.25, -0.2) is 0 Å². The molecule has 1 amide bonds. The molecule has 0 saturated heterocycles. The Kier molecular flexibility index (Phi) is 8.48. The molecule has 0 radical (unpaired) electrons. The number of carbonyl (C=O) groups is 1. The largest absolute Gasteiger partial charge is 0.490 e. The predicted molar refractivity (Wildman–Crippen MR) is 120 cm³/mol. The van der Waals surface area contributed by atoms with E-state index in [0.29, 0.717) is 30.6 Å². The Morgan fingerprint density at radius 3 is 2.38 bits per heavy atom. The van der Waals surface area contributed by atoms with Crippen LogP contribution in [0.3, 0.4) is 0 Å². The fraction of sp³-hybridized carbons (Fsp3) is 0.375. The standard InChI is InChI=1S/C24H29N3O5/c1-4-12-29-21-11-8-19(14-22(21)30-13-5-2)17(3)26-23(28)15-31-20-9-6-18(7-10-20)24-27-25-16-32-24/h6-11,14,16-17H,4-5,12-13,15H2,1-3H3,(H,26,28)/t17-/m1/s1. The second kappa shape index (κ2) is 11.7. The first-order valence-corrected chi connectivity index (χ1v) is 10.8. The number of aromatic nitrogens is 2. The molecule has 32 heavy (non-hydrogen) atoms. The number of amides is 1. The maximum Gasteiger partial charge on any atom is 0.258 e. The Balaban J connectivity index is 1.55. The molecule has 0 unspecified atom stereocenters. The summed E-state index contributed by atoms with van der Waals surface area (Å²) in [6.45, 7) is 7.16. The molecule has 0 saturated carbocycles. The summed E-state index contributed by atoms with van der Waals surface area (Å²) in [6.07, 6.45) is 3.09. The molecule has 0 aliphatic rings. The van der Waals surface area contributed by atoms with Crippen molar-refractivity contribution < 1.29 is 23.4 Å². The third kappa shape index (κ3) is 6.47. The molecule has 0 spiro atoms. The van der Waals surface area contributed by atoms with E-state index in [2.05, 4.69) is 29.4 Å². The van der Waals surface area contributed by atoms with Crippen molar-refractivity contribution in [3.63, 3.8) is 0 Å². The minimum Gasteiger partial charge on any atom is -0.490 e. The van der Waals surface area contributed by atoms with Gasteiger partial charge in [0, 0.05) is 5.56 Å². The van der Waals surface area contributed by atoms with Crippen LogP contribution in [-0.2, 0) is 4.79 Å². The quantitative estimate of drug-likeness (QED) is 0.442. The van der Waals surface area contributed by atoms with Gasteiger partial charge >= 0.3 is 0 Å². The van der Waals surface area contributed by atoms with E-state index < -0.39 is 0 Å².